The fourth-order valence-electron chi connectivity index (χ4n) is 3.90. The van der Waals surface area contributed by atoms with E-state index in [4.69, 9.17) is 16.3 Å². The van der Waals surface area contributed by atoms with E-state index in [0.29, 0.717) is 32.4 Å². The number of carbonyl (C=O) groups is 1. The van der Waals surface area contributed by atoms with Gasteiger partial charge < -0.3 is 10.1 Å². The molecule has 5 rings (SSSR count). The molecule has 0 unspecified atom stereocenters. The Morgan fingerprint density at radius 2 is 1.71 bits per heavy atom. The van der Waals surface area contributed by atoms with Gasteiger partial charge in [0.15, 0.2) is 0 Å². The van der Waals surface area contributed by atoms with Crippen molar-refractivity contribution in [1.82, 2.24) is 9.13 Å². The number of hydrogen-bond acceptors (Lipinski definition) is 5. The van der Waals surface area contributed by atoms with Crippen molar-refractivity contribution in [2.75, 3.05) is 12.4 Å². The molecule has 0 radical (unpaired) electrons. The molecule has 170 valence electrons. The summed E-state index contributed by atoms with van der Waals surface area (Å²) in [6.07, 6.45) is 0. The molecule has 2 heterocycles. The summed E-state index contributed by atoms with van der Waals surface area (Å²) in [6.45, 7) is -0.290. The number of ether oxygens (including phenoxy) is 1. The first-order valence-electron chi connectivity index (χ1n) is 10.3. The van der Waals surface area contributed by atoms with Gasteiger partial charge in [0.1, 0.15) is 17.0 Å². The minimum absolute atomic E-state index is 0.290. The Balaban J connectivity index is 1.71. The minimum Gasteiger partial charge on any atom is -0.495 e. The van der Waals surface area contributed by atoms with Gasteiger partial charge in [0.2, 0.25) is 5.91 Å². The first kappa shape index (κ1) is 21.9. The molecule has 7 nitrogen and oxygen atoms in total. The van der Waals surface area contributed by atoms with Crippen molar-refractivity contribution < 1.29 is 9.53 Å². The third kappa shape index (κ3) is 3.76. The second kappa shape index (κ2) is 8.81. The summed E-state index contributed by atoms with van der Waals surface area (Å²) in [6, 6.07) is 20.9. The average Bonchev–Trinajstić information content (AvgIpc) is 3.23. The molecule has 0 bridgehead atoms. The van der Waals surface area contributed by atoms with Crippen molar-refractivity contribution in [1.29, 1.82) is 0 Å². The highest BCUT2D eigenvalue weighted by Crippen LogP contribution is 2.31. The van der Waals surface area contributed by atoms with Gasteiger partial charge in [-0.1, -0.05) is 41.9 Å². The number of nitrogens with zero attached hydrogens (tertiary/aromatic N) is 2. The summed E-state index contributed by atoms with van der Waals surface area (Å²) >= 11 is 7.29. The van der Waals surface area contributed by atoms with E-state index in [1.807, 2.05) is 24.3 Å². The number of nitrogens with one attached hydrogen (secondary N) is 1. The highest BCUT2D eigenvalue weighted by atomic mass is 35.5. The second-order valence-corrected chi connectivity index (χ2v) is 9.00. The maximum atomic E-state index is 13.6. The van der Waals surface area contributed by atoms with Crippen molar-refractivity contribution in [2.45, 2.75) is 6.54 Å². The van der Waals surface area contributed by atoms with E-state index in [0.717, 1.165) is 14.7 Å². The molecule has 0 aliphatic rings. The van der Waals surface area contributed by atoms with Crippen LogP contribution in [0.1, 0.15) is 0 Å². The predicted octanol–water partition coefficient (Wildman–Crippen LogP) is 4.67. The molecule has 0 aliphatic heterocycles. The van der Waals surface area contributed by atoms with Gasteiger partial charge in [0.25, 0.3) is 5.56 Å². The maximum absolute atomic E-state index is 13.6. The van der Waals surface area contributed by atoms with Crippen LogP contribution in [0.2, 0.25) is 5.02 Å². The maximum Gasteiger partial charge on any atom is 0.336 e. The van der Waals surface area contributed by atoms with Crippen molar-refractivity contribution in [3.8, 4) is 11.4 Å². The SMILES string of the molecule is COc1ccccc1NC(=O)Cn1c(=O)n(-c2ccc(Cl)cc2)c(=O)c2sc3ccccc3c21. The lowest BCUT2D eigenvalue weighted by Crippen LogP contribution is -2.40. The molecule has 0 saturated carbocycles. The quantitative estimate of drug-likeness (QED) is 0.387. The number of thiophene rings is 1. The molecule has 0 atom stereocenters. The highest BCUT2D eigenvalue weighted by Gasteiger charge is 2.21. The molecule has 0 fully saturated rings. The first-order chi connectivity index (χ1) is 16.5. The molecule has 1 amide bonds. The van der Waals surface area contributed by atoms with Gasteiger partial charge in [-0.2, -0.15) is 0 Å². The molecular formula is C25H18ClN3O4S. The number of amides is 1. The number of aromatic nitrogens is 2. The summed E-state index contributed by atoms with van der Waals surface area (Å²) in [4.78, 5) is 40.1. The number of rotatable bonds is 5. The number of hydrogen-bond donors (Lipinski definition) is 1. The third-order valence-corrected chi connectivity index (χ3v) is 6.83. The average molecular weight is 492 g/mol. The zero-order chi connectivity index (χ0) is 23.8. The molecule has 5 aromatic rings. The van der Waals surface area contributed by atoms with Crippen molar-refractivity contribution in [3.05, 3.63) is 98.7 Å². The largest absolute Gasteiger partial charge is 0.495 e. The van der Waals surface area contributed by atoms with Crippen LogP contribution in [-0.2, 0) is 11.3 Å². The number of methoxy groups -OCH3 is 1. The van der Waals surface area contributed by atoms with Gasteiger partial charge in [0, 0.05) is 15.1 Å². The molecule has 0 aliphatic carbocycles. The number of anilines is 1. The fourth-order valence-corrected chi connectivity index (χ4v) is 5.16. The monoisotopic (exact) mass is 491 g/mol. The Morgan fingerprint density at radius 3 is 2.47 bits per heavy atom. The Hall–Kier alpha value is -3.88. The summed E-state index contributed by atoms with van der Waals surface area (Å²) in [5.41, 5.74) is 0.248. The van der Waals surface area contributed by atoms with Crippen LogP contribution in [0.4, 0.5) is 5.69 Å². The summed E-state index contributed by atoms with van der Waals surface area (Å²) in [5.74, 6) is 0.0740. The van der Waals surface area contributed by atoms with Crippen molar-refractivity contribution >= 4 is 54.8 Å². The third-order valence-electron chi connectivity index (χ3n) is 5.43. The smallest absolute Gasteiger partial charge is 0.336 e. The molecule has 0 saturated heterocycles. The van der Waals surface area contributed by atoms with Crippen LogP contribution in [0.5, 0.6) is 5.75 Å². The predicted molar refractivity (Wildman–Crippen MR) is 136 cm³/mol. The van der Waals surface area contributed by atoms with Crippen molar-refractivity contribution in [2.24, 2.45) is 0 Å². The van der Waals surface area contributed by atoms with Gasteiger partial charge in [-0.15, -0.1) is 11.3 Å². The zero-order valence-corrected chi connectivity index (χ0v) is 19.5. The zero-order valence-electron chi connectivity index (χ0n) is 17.9. The van der Waals surface area contributed by atoms with Gasteiger partial charge >= 0.3 is 5.69 Å². The van der Waals surface area contributed by atoms with Crippen LogP contribution in [0.15, 0.2) is 82.4 Å². The Kier molecular flexibility index (Phi) is 5.69. The van der Waals surface area contributed by atoms with Crippen LogP contribution in [-0.4, -0.2) is 22.2 Å². The van der Waals surface area contributed by atoms with Gasteiger partial charge in [-0.05, 0) is 42.5 Å². The molecule has 9 heteroatoms. The van der Waals surface area contributed by atoms with E-state index in [1.54, 1.807) is 48.5 Å². The Bertz CT molecular complexity index is 1670. The van der Waals surface area contributed by atoms with Crippen LogP contribution in [0.3, 0.4) is 0 Å². The standard InChI is InChI=1S/C25H18ClN3O4S/c1-33-19-8-4-3-7-18(19)27-21(30)14-28-22-17-6-2-5-9-20(17)34-23(22)24(31)29(25(28)32)16-12-10-15(26)11-13-16/h2-13H,14H2,1H3,(H,27,30). The Labute approximate surface area is 202 Å². The van der Waals surface area contributed by atoms with E-state index < -0.39 is 17.2 Å². The van der Waals surface area contributed by atoms with Crippen LogP contribution in [0, 0.1) is 0 Å². The first-order valence-corrected chi connectivity index (χ1v) is 11.5. The molecular weight excluding hydrogens is 474 g/mol. The second-order valence-electron chi connectivity index (χ2n) is 7.51. The topological polar surface area (TPSA) is 82.3 Å². The summed E-state index contributed by atoms with van der Waals surface area (Å²) < 4.78 is 8.95. The van der Waals surface area contributed by atoms with E-state index in [-0.39, 0.29) is 6.54 Å². The molecule has 34 heavy (non-hydrogen) atoms. The number of halogens is 1. The lowest BCUT2D eigenvalue weighted by molar-refractivity contribution is -0.116. The number of benzene rings is 3. The number of para-hydroxylation sites is 2. The number of fused-ring (bicyclic) bond motifs is 3. The molecule has 0 spiro atoms. The fraction of sp³-hybridized carbons (Fsp3) is 0.0800. The van der Waals surface area contributed by atoms with E-state index in [2.05, 4.69) is 5.32 Å². The van der Waals surface area contributed by atoms with Crippen LogP contribution >= 0.6 is 22.9 Å². The molecule has 3 aromatic carbocycles. The van der Waals surface area contributed by atoms with Gasteiger partial charge in [0.05, 0.1) is 24.0 Å². The van der Waals surface area contributed by atoms with E-state index in [9.17, 15) is 14.4 Å². The minimum atomic E-state index is -0.612. The molecule has 1 N–H and O–H groups in total. The summed E-state index contributed by atoms with van der Waals surface area (Å²) in [7, 11) is 1.51. The van der Waals surface area contributed by atoms with Crippen LogP contribution in [0.25, 0.3) is 26.0 Å². The lowest BCUT2D eigenvalue weighted by Gasteiger charge is -2.14. The van der Waals surface area contributed by atoms with E-state index >= 15 is 0 Å². The normalized spacial score (nSPS) is 11.1. The van der Waals surface area contributed by atoms with Crippen LogP contribution < -0.4 is 21.3 Å². The highest BCUT2D eigenvalue weighted by molar-refractivity contribution is 7.25. The van der Waals surface area contributed by atoms with E-state index in [1.165, 1.54) is 23.0 Å². The Morgan fingerprint density at radius 1 is 1.00 bits per heavy atom. The number of carbonyl (C=O) groups excluding carboxylic acids is 1. The summed E-state index contributed by atoms with van der Waals surface area (Å²) in [5, 5.41) is 4.02. The van der Waals surface area contributed by atoms with Gasteiger partial charge in [-0.25, -0.2) is 9.36 Å². The molecule has 2 aromatic heterocycles. The van der Waals surface area contributed by atoms with Gasteiger partial charge in [-0.3, -0.25) is 14.2 Å². The lowest BCUT2D eigenvalue weighted by atomic mass is 10.2. The van der Waals surface area contributed by atoms with Crippen molar-refractivity contribution in [3.63, 3.8) is 0 Å².